The van der Waals surface area contributed by atoms with Crippen molar-refractivity contribution in [3.8, 4) is 0 Å². The molecule has 0 radical (unpaired) electrons. The van der Waals surface area contributed by atoms with Crippen LogP contribution in [0.2, 0.25) is 5.02 Å². The Kier molecular flexibility index (Phi) is 4.11. The monoisotopic (exact) mass is 340 g/mol. The zero-order valence-corrected chi connectivity index (χ0v) is 13.3. The molecule has 0 aliphatic heterocycles. The second-order valence-electron chi connectivity index (χ2n) is 4.62. The lowest BCUT2D eigenvalue weighted by Crippen LogP contribution is -2.14. The lowest BCUT2D eigenvalue weighted by molar-refractivity contribution is 0.102. The van der Waals surface area contributed by atoms with E-state index in [0.717, 1.165) is 10.0 Å². The highest BCUT2D eigenvalue weighted by atomic mass is 79.9. The molecular formula is C14H14BrClN2O. The van der Waals surface area contributed by atoms with E-state index in [1.807, 2.05) is 32.9 Å². The predicted octanol–water partition coefficient (Wildman–Crippen LogP) is 4.42. The number of ketones is 1. The first-order valence-electron chi connectivity index (χ1n) is 5.96. The van der Waals surface area contributed by atoms with E-state index in [4.69, 9.17) is 11.6 Å². The fourth-order valence-corrected chi connectivity index (χ4v) is 2.51. The average molecular weight is 342 g/mol. The first-order valence-corrected chi connectivity index (χ1v) is 7.13. The quantitative estimate of drug-likeness (QED) is 0.775. The van der Waals surface area contributed by atoms with Gasteiger partial charge in [-0.25, -0.2) is 0 Å². The van der Waals surface area contributed by atoms with Gasteiger partial charge in [-0.05, 0) is 32.4 Å². The molecule has 0 amide bonds. The molecule has 100 valence electrons. The third kappa shape index (κ3) is 2.60. The summed E-state index contributed by atoms with van der Waals surface area (Å²) in [5.74, 6) is -0.102. The van der Waals surface area contributed by atoms with Crippen molar-refractivity contribution in [1.82, 2.24) is 9.78 Å². The van der Waals surface area contributed by atoms with Gasteiger partial charge in [0.25, 0.3) is 0 Å². The van der Waals surface area contributed by atoms with Crippen LogP contribution in [0.5, 0.6) is 0 Å². The summed E-state index contributed by atoms with van der Waals surface area (Å²) in [7, 11) is 0. The molecule has 0 atom stereocenters. The molecule has 0 aliphatic rings. The summed E-state index contributed by atoms with van der Waals surface area (Å²) in [5, 5.41) is 4.55. The summed E-state index contributed by atoms with van der Waals surface area (Å²) in [4.78, 5) is 12.7. The van der Waals surface area contributed by atoms with E-state index in [9.17, 15) is 4.79 Å². The SMILES string of the molecule is Cc1c(Br)cccc1C(=O)c1c(Cl)cnn1C(C)C. The second-order valence-corrected chi connectivity index (χ2v) is 5.88. The highest BCUT2D eigenvalue weighted by molar-refractivity contribution is 9.10. The van der Waals surface area contributed by atoms with Crippen LogP contribution in [0.15, 0.2) is 28.9 Å². The van der Waals surface area contributed by atoms with Crippen LogP contribution in [0.1, 0.15) is 41.5 Å². The Hall–Kier alpha value is -1.13. The molecule has 5 heteroatoms. The third-order valence-corrected chi connectivity index (χ3v) is 4.10. The van der Waals surface area contributed by atoms with Gasteiger partial charge >= 0.3 is 0 Å². The number of hydrogen-bond donors (Lipinski definition) is 0. The van der Waals surface area contributed by atoms with Gasteiger partial charge in [0.2, 0.25) is 5.78 Å². The number of rotatable bonds is 3. The normalized spacial score (nSPS) is 11.1. The van der Waals surface area contributed by atoms with Gasteiger partial charge in [0.05, 0.1) is 11.2 Å². The lowest BCUT2D eigenvalue weighted by Gasteiger charge is -2.12. The van der Waals surface area contributed by atoms with Gasteiger partial charge in [-0.2, -0.15) is 5.10 Å². The highest BCUT2D eigenvalue weighted by Gasteiger charge is 2.22. The Morgan fingerprint density at radius 1 is 1.42 bits per heavy atom. The maximum atomic E-state index is 12.7. The Bertz CT molecular complexity index is 634. The molecule has 2 rings (SSSR count). The minimum atomic E-state index is -0.102. The van der Waals surface area contributed by atoms with E-state index in [-0.39, 0.29) is 11.8 Å². The van der Waals surface area contributed by atoms with E-state index in [1.54, 1.807) is 10.7 Å². The second kappa shape index (κ2) is 5.47. The molecule has 0 bridgehead atoms. The van der Waals surface area contributed by atoms with Crippen LogP contribution >= 0.6 is 27.5 Å². The fourth-order valence-electron chi connectivity index (χ4n) is 1.93. The molecule has 0 unspecified atom stereocenters. The molecule has 3 nitrogen and oxygen atoms in total. The number of halogens is 2. The van der Waals surface area contributed by atoms with Gasteiger partial charge < -0.3 is 0 Å². The van der Waals surface area contributed by atoms with Crippen molar-refractivity contribution in [2.45, 2.75) is 26.8 Å². The Morgan fingerprint density at radius 3 is 2.74 bits per heavy atom. The minimum absolute atomic E-state index is 0.0823. The predicted molar refractivity (Wildman–Crippen MR) is 79.9 cm³/mol. The van der Waals surface area contributed by atoms with E-state index in [0.29, 0.717) is 16.3 Å². The van der Waals surface area contributed by atoms with Gasteiger partial charge in [-0.3, -0.25) is 9.48 Å². The zero-order valence-electron chi connectivity index (χ0n) is 10.9. The number of carbonyl (C=O) groups excluding carboxylic acids is 1. The third-order valence-electron chi connectivity index (χ3n) is 2.97. The maximum absolute atomic E-state index is 12.7. The molecule has 1 aromatic carbocycles. The Morgan fingerprint density at radius 2 is 2.11 bits per heavy atom. The van der Waals surface area contributed by atoms with E-state index in [2.05, 4.69) is 21.0 Å². The minimum Gasteiger partial charge on any atom is -0.287 e. The summed E-state index contributed by atoms with van der Waals surface area (Å²) in [5.41, 5.74) is 1.98. The number of nitrogens with zero attached hydrogens (tertiary/aromatic N) is 2. The van der Waals surface area contributed by atoms with Crippen LogP contribution in [0.4, 0.5) is 0 Å². The Labute approximate surface area is 125 Å². The van der Waals surface area contributed by atoms with Gasteiger partial charge in [-0.15, -0.1) is 0 Å². The van der Waals surface area contributed by atoms with Crippen molar-refractivity contribution in [2.24, 2.45) is 0 Å². The van der Waals surface area contributed by atoms with Crippen LogP contribution < -0.4 is 0 Å². The van der Waals surface area contributed by atoms with Crippen molar-refractivity contribution in [3.05, 3.63) is 50.7 Å². The van der Waals surface area contributed by atoms with Crippen LogP contribution in [0.25, 0.3) is 0 Å². The van der Waals surface area contributed by atoms with Crippen LogP contribution in [0, 0.1) is 6.92 Å². The standard InChI is InChI=1S/C14H14BrClN2O/c1-8(2)18-13(12(16)7-17-18)14(19)10-5-4-6-11(15)9(10)3/h4-8H,1-3H3. The van der Waals surface area contributed by atoms with E-state index >= 15 is 0 Å². The van der Waals surface area contributed by atoms with E-state index in [1.165, 1.54) is 6.20 Å². The molecule has 0 N–H and O–H groups in total. The summed E-state index contributed by atoms with van der Waals surface area (Å²) in [6.45, 7) is 5.84. The topological polar surface area (TPSA) is 34.9 Å². The molecule has 1 heterocycles. The van der Waals surface area contributed by atoms with Crippen LogP contribution in [-0.4, -0.2) is 15.6 Å². The molecule has 19 heavy (non-hydrogen) atoms. The van der Waals surface area contributed by atoms with Crippen molar-refractivity contribution in [1.29, 1.82) is 0 Å². The molecule has 2 aromatic rings. The summed E-state index contributed by atoms with van der Waals surface area (Å²) in [6.07, 6.45) is 1.52. The van der Waals surface area contributed by atoms with Crippen molar-refractivity contribution in [2.75, 3.05) is 0 Å². The van der Waals surface area contributed by atoms with Crippen molar-refractivity contribution >= 4 is 33.3 Å². The molecule has 0 saturated heterocycles. The molecule has 1 aromatic heterocycles. The first kappa shape index (κ1) is 14.3. The fraction of sp³-hybridized carbons (Fsp3) is 0.286. The van der Waals surface area contributed by atoms with Crippen LogP contribution in [0.3, 0.4) is 0 Å². The molecule has 0 fully saturated rings. The Balaban J connectivity index is 2.56. The van der Waals surface area contributed by atoms with Gasteiger partial charge in [-0.1, -0.05) is 39.7 Å². The average Bonchev–Trinajstić information content (AvgIpc) is 2.74. The maximum Gasteiger partial charge on any atom is 0.212 e. The summed E-state index contributed by atoms with van der Waals surface area (Å²) >= 11 is 9.55. The smallest absolute Gasteiger partial charge is 0.212 e. The molecular weight excluding hydrogens is 328 g/mol. The summed E-state index contributed by atoms with van der Waals surface area (Å²) in [6, 6.07) is 5.64. The van der Waals surface area contributed by atoms with Crippen LogP contribution in [-0.2, 0) is 0 Å². The number of carbonyl (C=O) groups is 1. The molecule has 0 saturated carbocycles. The first-order chi connectivity index (χ1) is 8.93. The van der Waals surface area contributed by atoms with Crippen molar-refractivity contribution in [3.63, 3.8) is 0 Å². The lowest BCUT2D eigenvalue weighted by atomic mass is 10.0. The van der Waals surface area contributed by atoms with Gasteiger partial charge in [0, 0.05) is 16.1 Å². The van der Waals surface area contributed by atoms with Crippen molar-refractivity contribution < 1.29 is 4.79 Å². The molecule has 0 aliphatic carbocycles. The number of benzene rings is 1. The number of hydrogen-bond acceptors (Lipinski definition) is 2. The summed E-state index contributed by atoms with van der Waals surface area (Å²) < 4.78 is 2.57. The van der Waals surface area contributed by atoms with E-state index < -0.39 is 0 Å². The number of aromatic nitrogens is 2. The van der Waals surface area contributed by atoms with Gasteiger partial charge in [0.15, 0.2) is 0 Å². The van der Waals surface area contributed by atoms with Gasteiger partial charge in [0.1, 0.15) is 5.69 Å². The largest absolute Gasteiger partial charge is 0.287 e. The zero-order chi connectivity index (χ0) is 14.2. The molecule has 0 spiro atoms. The highest BCUT2D eigenvalue weighted by Crippen LogP contribution is 2.26.